The van der Waals surface area contributed by atoms with Crippen LogP contribution >= 0.6 is 0 Å². The van der Waals surface area contributed by atoms with Crippen molar-refractivity contribution in [3.8, 4) is 0 Å². The van der Waals surface area contributed by atoms with Crippen LogP contribution in [0, 0.1) is 0 Å². The van der Waals surface area contributed by atoms with Crippen LogP contribution in [0.1, 0.15) is 19.4 Å². The Morgan fingerprint density at radius 1 is 1.37 bits per heavy atom. The van der Waals surface area contributed by atoms with Gasteiger partial charge in [0, 0.05) is 25.4 Å². The maximum Gasteiger partial charge on any atom is 0.218 e. The van der Waals surface area contributed by atoms with E-state index in [0.29, 0.717) is 24.4 Å². The molecule has 0 aliphatic heterocycles. The molecule has 0 radical (unpaired) electrons. The standard InChI is InChI=1S/C13H22N2O3S/c1-11(2)15(7-8-18-3)19(16,17)10-12-5-4-6-13(14)9-12/h4-6,9,11H,7-8,10,14H2,1-3H3. The first-order chi connectivity index (χ1) is 8.86. The van der Waals surface area contributed by atoms with Gasteiger partial charge < -0.3 is 10.5 Å². The summed E-state index contributed by atoms with van der Waals surface area (Å²) in [6, 6.07) is 6.85. The van der Waals surface area contributed by atoms with Gasteiger partial charge in [-0.1, -0.05) is 12.1 Å². The van der Waals surface area contributed by atoms with Gasteiger partial charge in [-0.25, -0.2) is 8.42 Å². The number of nitrogen functional groups attached to an aromatic ring is 1. The fourth-order valence-corrected chi connectivity index (χ4v) is 3.64. The molecule has 0 heterocycles. The van der Waals surface area contributed by atoms with Gasteiger partial charge in [0.05, 0.1) is 12.4 Å². The van der Waals surface area contributed by atoms with Gasteiger partial charge in [-0.05, 0) is 31.5 Å². The Morgan fingerprint density at radius 3 is 2.58 bits per heavy atom. The molecule has 6 heteroatoms. The summed E-state index contributed by atoms with van der Waals surface area (Å²) in [6.45, 7) is 4.45. The first kappa shape index (κ1) is 15.9. The minimum Gasteiger partial charge on any atom is -0.399 e. The van der Waals surface area contributed by atoms with Crippen molar-refractivity contribution in [2.45, 2.75) is 25.6 Å². The number of anilines is 1. The van der Waals surface area contributed by atoms with E-state index in [-0.39, 0.29) is 11.8 Å². The molecule has 19 heavy (non-hydrogen) atoms. The van der Waals surface area contributed by atoms with Crippen molar-refractivity contribution in [1.82, 2.24) is 4.31 Å². The van der Waals surface area contributed by atoms with Gasteiger partial charge in [0.1, 0.15) is 0 Å². The highest BCUT2D eigenvalue weighted by atomic mass is 32.2. The zero-order chi connectivity index (χ0) is 14.5. The van der Waals surface area contributed by atoms with E-state index in [2.05, 4.69) is 0 Å². The first-order valence-electron chi connectivity index (χ1n) is 6.19. The van der Waals surface area contributed by atoms with Gasteiger partial charge in [-0.2, -0.15) is 4.31 Å². The van der Waals surface area contributed by atoms with Crippen molar-refractivity contribution in [2.75, 3.05) is 26.0 Å². The summed E-state index contributed by atoms with van der Waals surface area (Å²) in [5.41, 5.74) is 6.93. The molecule has 2 N–H and O–H groups in total. The number of methoxy groups -OCH3 is 1. The van der Waals surface area contributed by atoms with Crippen LogP contribution in [-0.4, -0.2) is 39.0 Å². The summed E-state index contributed by atoms with van der Waals surface area (Å²) >= 11 is 0. The highest BCUT2D eigenvalue weighted by Gasteiger charge is 2.24. The van der Waals surface area contributed by atoms with Crippen molar-refractivity contribution >= 4 is 15.7 Å². The van der Waals surface area contributed by atoms with Crippen LogP contribution in [0.3, 0.4) is 0 Å². The van der Waals surface area contributed by atoms with E-state index in [1.807, 2.05) is 13.8 Å². The third-order valence-corrected chi connectivity index (χ3v) is 4.77. The Kier molecular flexibility index (Phi) is 5.78. The Bertz CT molecular complexity index is 500. The first-order valence-corrected chi connectivity index (χ1v) is 7.80. The zero-order valence-electron chi connectivity index (χ0n) is 11.7. The van der Waals surface area contributed by atoms with E-state index in [4.69, 9.17) is 10.5 Å². The largest absolute Gasteiger partial charge is 0.399 e. The van der Waals surface area contributed by atoms with E-state index in [0.717, 1.165) is 0 Å². The molecule has 0 fully saturated rings. The lowest BCUT2D eigenvalue weighted by atomic mass is 10.2. The number of ether oxygens (including phenoxy) is 1. The fourth-order valence-electron chi connectivity index (χ4n) is 1.88. The van der Waals surface area contributed by atoms with E-state index in [9.17, 15) is 8.42 Å². The molecule has 5 nitrogen and oxygen atoms in total. The highest BCUT2D eigenvalue weighted by molar-refractivity contribution is 7.88. The quantitative estimate of drug-likeness (QED) is 0.770. The molecule has 0 aromatic heterocycles. The third-order valence-electron chi connectivity index (χ3n) is 2.75. The molecule has 1 aromatic carbocycles. The molecule has 0 saturated heterocycles. The lowest BCUT2D eigenvalue weighted by Gasteiger charge is -2.25. The summed E-state index contributed by atoms with van der Waals surface area (Å²) in [5.74, 6) is -0.0417. The Hall–Kier alpha value is -1.11. The second-order valence-corrected chi connectivity index (χ2v) is 6.62. The van der Waals surface area contributed by atoms with Crippen molar-refractivity contribution in [2.24, 2.45) is 0 Å². The molecular formula is C13H22N2O3S. The van der Waals surface area contributed by atoms with E-state index in [1.165, 1.54) is 4.31 Å². The average molecular weight is 286 g/mol. The molecule has 0 spiro atoms. The number of hydrogen-bond donors (Lipinski definition) is 1. The van der Waals surface area contributed by atoms with Crippen LogP contribution in [0.5, 0.6) is 0 Å². The summed E-state index contributed by atoms with van der Waals surface area (Å²) in [4.78, 5) is 0. The van der Waals surface area contributed by atoms with Gasteiger partial charge in [-0.15, -0.1) is 0 Å². The topological polar surface area (TPSA) is 72.6 Å². The van der Waals surface area contributed by atoms with Crippen molar-refractivity contribution < 1.29 is 13.2 Å². The third kappa shape index (κ3) is 4.81. The van der Waals surface area contributed by atoms with Crippen molar-refractivity contribution in [3.63, 3.8) is 0 Å². The maximum absolute atomic E-state index is 12.4. The molecule has 0 saturated carbocycles. The zero-order valence-corrected chi connectivity index (χ0v) is 12.5. The number of rotatable bonds is 7. The van der Waals surface area contributed by atoms with Crippen LogP contribution < -0.4 is 5.73 Å². The van der Waals surface area contributed by atoms with Crippen molar-refractivity contribution in [1.29, 1.82) is 0 Å². The molecule has 0 aliphatic carbocycles. The van der Waals surface area contributed by atoms with Gasteiger partial charge in [-0.3, -0.25) is 0 Å². The molecule has 0 unspecified atom stereocenters. The summed E-state index contributed by atoms with van der Waals surface area (Å²) in [7, 11) is -1.81. The molecule has 0 aliphatic rings. The molecule has 0 bridgehead atoms. The minimum atomic E-state index is -3.37. The van der Waals surface area contributed by atoms with Gasteiger partial charge >= 0.3 is 0 Å². The second-order valence-electron chi connectivity index (χ2n) is 4.70. The lowest BCUT2D eigenvalue weighted by molar-refractivity contribution is 0.171. The Balaban J connectivity index is 2.88. The van der Waals surface area contributed by atoms with Gasteiger partial charge in [0.2, 0.25) is 10.0 Å². The Morgan fingerprint density at radius 2 is 2.05 bits per heavy atom. The summed E-state index contributed by atoms with van der Waals surface area (Å²) in [6.07, 6.45) is 0. The van der Waals surface area contributed by atoms with Gasteiger partial charge in [0.25, 0.3) is 0 Å². The van der Waals surface area contributed by atoms with Crippen LogP contribution in [0.2, 0.25) is 0 Å². The average Bonchev–Trinajstić information content (AvgIpc) is 2.27. The summed E-state index contributed by atoms with van der Waals surface area (Å²) < 4.78 is 31.2. The number of nitrogens with two attached hydrogens (primary N) is 1. The lowest BCUT2D eigenvalue weighted by Crippen LogP contribution is -2.39. The number of nitrogens with zero attached hydrogens (tertiary/aromatic N) is 1. The number of hydrogen-bond acceptors (Lipinski definition) is 4. The Labute approximate surface area is 115 Å². The van der Waals surface area contributed by atoms with Crippen LogP contribution in [0.4, 0.5) is 5.69 Å². The molecule has 0 atom stereocenters. The van der Waals surface area contributed by atoms with E-state index in [1.54, 1.807) is 31.4 Å². The number of benzene rings is 1. The normalized spacial score (nSPS) is 12.3. The molecule has 1 aromatic rings. The monoisotopic (exact) mass is 286 g/mol. The molecular weight excluding hydrogens is 264 g/mol. The van der Waals surface area contributed by atoms with Crippen LogP contribution in [0.15, 0.2) is 24.3 Å². The van der Waals surface area contributed by atoms with Crippen LogP contribution in [0.25, 0.3) is 0 Å². The smallest absolute Gasteiger partial charge is 0.218 e. The molecule has 108 valence electrons. The van der Waals surface area contributed by atoms with E-state index >= 15 is 0 Å². The predicted octanol–water partition coefficient (Wildman–Crippen LogP) is 1.46. The fraction of sp³-hybridized carbons (Fsp3) is 0.538. The van der Waals surface area contributed by atoms with Crippen molar-refractivity contribution in [3.05, 3.63) is 29.8 Å². The maximum atomic E-state index is 12.4. The second kappa shape index (κ2) is 6.88. The van der Waals surface area contributed by atoms with E-state index < -0.39 is 10.0 Å². The van der Waals surface area contributed by atoms with Crippen LogP contribution in [-0.2, 0) is 20.5 Å². The number of sulfonamides is 1. The minimum absolute atomic E-state index is 0.0417. The summed E-state index contributed by atoms with van der Waals surface area (Å²) in [5, 5.41) is 0. The molecule has 1 rings (SSSR count). The highest BCUT2D eigenvalue weighted by Crippen LogP contribution is 2.15. The SMILES string of the molecule is COCCN(C(C)C)S(=O)(=O)Cc1cccc(N)c1. The molecule has 0 amide bonds. The predicted molar refractivity (Wildman–Crippen MR) is 77.2 cm³/mol. The van der Waals surface area contributed by atoms with Gasteiger partial charge in [0.15, 0.2) is 0 Å².